The van der Waals surface area contributed by atoms with Gasteiger partial charge in [-0.2, -0.15) is 0 Å². The van der Waals surface area contributed by atoms with Crippen molar-refractivity contribution >= 4 is 58.9 Å². The fourth-order valence-corrected chi connectivity index (χ4v) is 7.32. The zero-order valence-electron chi connectivity index (χ0n) is 40.8. The highest BCUT2D eigenvalue weighted by molar-refractivity contribution is 5.87. The number of Topliss-reactive ketones (excluding diaryl/α,β-unsaturated/α-hetero) is 3. The molecule has 68 heavy (non-hydrogen) atoms. The van der Waals surface area contributed by atoms with Gasteiger partial charge in [0, 0.05) is 64.0 Å². The highest BCUT2D eigenvalue weighted by Gasteiger charge is 2.26. The molecule has 0 aliphatic rings. The van der Waals surface area contributed by atoms with Gasteiger partial charge in [0.25, 0.3) is 0 Å². The predicted octanol–water partition coefficient (Wildman–Crippen LogP) is 6.20. The fourth-order valence-electron chi connectivity index (χ4n) is 7.32. The summed E-state index contributed by atoms with van der Waals surface area (Å²) >= 11 is 0. The summed E-state index contributed by atoms with van der Waals surface area (Å²) in [6.07, 6.45) is 16.1. The third-order valence-electron chi connectivity index (χ3n) is 11.8. The van der Waals surface area contributed by atoms with Crippen LogP contribution in [0.25, 0.3) is 0 Å². The molecule has 0 rings (SSSR count). The lowest BCUT2D eigenvalue weighted by Gasteiger charge is -2.16. The second-order valence-corrected chi connectivity index (χ2v) is 17.8. The van der Waals surface area contributed by atoms with E-state index < -0.39 is 72.4 Å². The van der Waals surface area contributed by atoms with E-state index in [-0.39, 0.29) is 101 Å². The summed E-state index contributed by atoms with van der Waals surface area (Å²) in [5.74, 6) is -8.80. The van der Waals surface area contributed by atoms with E-state index in [9.17, 15) is 63.3 Å². The highest BCUT2D eigenvalue weighted by Crippen LogP contribution is 2.18. The molecule has 0 spiro atoms. The summed E-state index contributed by atoms with van der Waals surface area (Å²) in [5, 5.41) is 45.0. The van der Waals surface area contributed by atoms with Gasteiger partial charge in [-0.1, -0.05) is 90.4 Å². The summed E-state index contributed by atoms with van der Waals surface area (Å²) in [5.41, 5.74) is 0. The Morgan fingerprint density at radius 2 is 0.897 bits per heavy atom. The van der Waals surface area contributed by atoms with Crippen molar-refractivity contribution in [3.63, 3.8) is 0 Å². The maximum atomic E-state index is 12.5. The van der Waals surface area contributed by atoms with Crippen LogP contribution in [0.15, 0.2) is 0 Å². The van der Waals surface area contributed by atoms with E-state index in [1.54, 1.807) is 0 Å². The Hall–Kier alpha value is -4.78. The molecule has 0 fully saturated rings. The summed E-state index contributed by atoms with van der Waals surface area (Å²) < 4.78 is 10.6. The molecule has 0 aromatic rings. The number of carboxylic acids is 4. The third-order valence-corrected chi connectivity index (χ3v) is 11.8. The molecular formula is C49H83N3O16. The molecule has 3 amide bonds. The molecule has 390 valence electrons. The molecule has 0 heterocycles. The number of carbonyl (C=O) groups excluding carboxylic acids is 6. The number of aliphatic carboxylic acids is 4. The lowest BCUT2D eigenvalue weighted by molar-refractivity contribution is -0.145. The van der Waals surface area contributed by atoms with Crippen LogP contribution >= 0.6 is 0 Å². The van der Waals surface area contributed by atoms with Crippen LogP contribution in [0, 0.1) is 17.8 Å². The number of unbranched alkanes of at least 4 members (excludes halogenated alkanes) is 14. The number of rotatable bonds is 48. The summed E-state index contributed by atoms with van der Waals surface area (Å²) in [7, 11) is 0. The first-order valence-electron chi connectivity index (χ1n) is 24.8. The van der Waals surface area contributed by atoms with Gasteiger partial charge in [0.15, 0.2) is 5.78 Å². The van der Waals surface area contributed by atoms with Gasteiger partial charge in [-0.3, -0.25) is 43.2 Å². The Kier molecular flexibility index (Phi) is 38.3. The molecule has 0 unspecified atom stereocenters. The Morgan fingerprint density at radius 3 is 1.40 bits per heavy atom. The largest absolute Gasteiger partial charge is 0.481 e. The van der Waals surface area contributed by atoms with Gasteiger partial charge >= 0.3 is 23.9 Å². The fraction of sp³-hybridized carbons (Fsp3) is 0.796. The van der Waals surface area contributed by atoms with Crippen molar-refractivity contribution in [2.24, 2.45) is 17.8 Å². The molecule has 0 aliphatic carbocycles. The molecule has 0 bridgehead atoms. The first-order chi connectivity index (χ1) is 32.4. The number of ether oxygens (including phenoxy) is 2. The molecule has 19 heteroatoms. The van der Waals surface area contributed by atoms with Crippen molar-refractivity contribution in [2.75, 3.05) is 39.5 Å². The van der Waals surface area contributed by atoms with Crippen LogP contribution in [-0.4, -0.2) is 125 Å². The average Bonchev–Trinajstić information content (AvgIpc) is 3.27. The minimum atomic E-state index is -1.37. The Bertz CT molecular complexity index is 1520. The van der Waals surface area contributed by atoms with Crippen molar-refractivity contribution in [1.82, 2.24) is 16.0 Å². The number of ketones is 3. The molecule has 0 aromatic heterocycles. The summed E-state index contributed by atoms with van der Waals surface area (Å²) in [6, 6.07) is -1.37. The number of nitrogens with one attached hydrogen (secondary N) is 3. The summed E-state index contributed by atoms with van der Waals surface area (Å²) in [6.45, 7) is 3.61. The Labute approximate surface area is 402 Å². The molecule has 4 atom stereocenters. The van der Waals surface area contributed by atoms with Gasteiger partial charge in [0.2, 0.25) is 17.7 Å². The second kappa shape index (κ2) is 41.2. The number of carbonyl (C=O) groups is 10. The third kappa shape index (κ3) is 38.2. The van der Waals surface area contributed by atoms with Gasteiger partial charge < -0.3 is 45.9 Å². The van der Waals surface area contributed by atoms with Gasteiger partial charge in [-0.15, -0.1) is 0 Å². The zero-order valence-corrected chi connectivity index (χ0v) is 40.8. The minimum Gasteiger partial charge on any atom is -0.481 e. The molecule has 0 saturated carbocycles. The first-order valence-corrected chi connectivity index (χ1v) is 24.8. The van der Waals surface area contributed by atoms with Crippen LogP contribution in [-0.2, 0) is 57.4 Å². The van der Waals surface area contributed by atoms with Crippen molar-refractivity contribution in [1.29, 1.82) is 0 Å². The van der Waals surface area contributed by atoms with E-state index in [0.29, 0.717) is 32.2 Å². The predicted molar refractivity (Wildman–Crippen MR) is 252 cm³/mol. The van der Waals surface area contributed by atoms with Crippen LogP contribution in [0.5, 0.6) is 0 Å². The average molecular weight is 970 g/mol. The van der Waals surface area contributed by atoms with Crippen LogP contribution < -0.4 is 16.0 Å². The lowest BCUT2D eigenvalue weighted by atomic mass is 9.94. The molecule has 7 N–H and O–H groups in total. The SMILES string of the molecule is CC(=O)[C@@H](C)CCCCNC(=O)CC[C@H](NC(=O)CC[C@H](CC(=O)COCCOCCNC(=O)CC[C@H](CC(=O)CCCCCCCCCCCCCCCCC(=O)O)C(=O)O)C(=O)O)C(=O)O. The van der Waals surface area contributed by atoms with Crippen LogP contribution in [0.4, 0.5) is 0 Å². The van der Waals surface area contributed by atoms with Crippen molar-refractivity contribution < 1.29 is 77.8 Å². The maximum absolute atomic E-state index is 12.5. The maximum Gasteiger partial charge on any atom is 0.326 e. The molecule has 0 aromatic carbocycles. The summed E-state index contributed by atoms with van der Waals surface area (Å²) in [4.78, 5) is 119. The number of amides is 3. The number of hydrogen-bond donors (Lipinski definition) is 7. The van der Waals surface area contributed by atoms with E-state index >= 15 is 0 Å². The van der Waals surface area contributed by atoms with Crippen molar-refractivity contribution in [3.8, 4) is 0 Å². The molecule has 0 saturated heterocycles. The van der Waals surface area contributed by atoms with Gasteiger partial charge in [0.05, 0.1) is 31.7 Å². The van der Waals surface area contributed by atoms with E-state index in [1.807, 2.05) is 6.92 Å². The van der Waals surface area contributed by atoms with Gasteiger partial charge in [-0.25, -0.2) is 4.79 Å². The Balaban J connectivity index is 4.11. The lowest BCUT2D eigenvalue weighted by Crippen LogP contribution is -2.42. The number of carboxylic acid groups (broad SMARTS) is 4. The quantitative estimate of drug-likeness (QED) is 0.0334. The standard InChI is InChI=1S/C49H83N3O16/c1-36(37(2)53)19-17-18-28-50-44(57)27-24-42(49(65)66)52-45(58)26-23-39(48(63)64)34-41(55)35-68-32-31-67-30-29-51-43(56)25-22-38(47(61)62)33-40(54)20-15-13-11-9-7-5-3-4-6-8-10-12-14-16-21-46(59)60/h36,38-39,42H,3-35H2,1-2H3,(H,50,57)(H,51,56)(H,52,58)(H,59,60)(H,61,62)(H,63,64)(H,65,66)/t36-,38+,39+,42-/m0/s1. The Morgan fingerprint density at radius 1 is 0.441 bits per heavy atom. The van der Waals surface area contributed by atoms with Crippen LogP contribution in [0.2, 0.25) is 0 Å². The topological polar surface area (TPSA) is 306 Å². The van der Waals surface area contributed by atoms with E-state index in [1.165, 1.54) is 39.0 Å². The number of hydrogen-bond acceptors (Lipinski definition) is 12. The van der Waals surface area contributed by atoms with Gasteiger partial charge in [-0.05, 0) is 51.9 Å². The van der Waals surface area contributed by atoms with E-state index in [0.717, 1.165) is 57.8 Å². The zero-order chi connectivity index (χ0) is 51.0. The molecular weight excluding hydrogens is 887 g/mol. The van der Waals surface area contributed by atoms with E-state index in [2.05, 4.69) is 16.0 Å². The van der Waals surface area contributed by atoms with Crippen LogP contribution in [0.3, 0.4) is 0 Å². The van der Waals surface area contributed by atoms with Crippen LogP contribution in [0.1, 0.15) is 187 Å². The van der Waals surface area contributed by atoms with Crippen molar-refractivity contribution in [2.45, 2.75) is 193 Å². The minimum absolute atomic E-state index is 0.00818. The van der Waals surface area contributed by atoms with E-state index in [4.69, 9.17) is 14.6 Å². The molecule has 0 aliphatic heterocycles. The highest BCUT2D eigenvalue weighted by atomic mass is 16.5. The second-order valence-electron chi connectivity index (χ2n) is 17.8. The van der Waals surface area contributed by atoms with Crippen molar-refractivity contribution in [3.05, 3.63) is 0 Å². The smallest absolute Gasteiger partial charge is 0.326 e. The van der Waals surface area contributed by atoms with Gasteiger partial charge in [0.1, 0.15) is 24.2 Å². The molecule has 19 nitrogen and oxygen atoms in total. The molecule has 0 radical (unpaired) electrons. The normalized spacial score (nSPS) is 12.9. The first kappa shape index (κ1) is 63.2. The monoisotopic (exact) mass is 970 g/mol.